The number of carbonyl (C=O) groups excluding carboxylic acids is 1. The average molecular weight is 354 g/mol. The number of fused-ring (bicyclic) bond motifs is 1. The quantitative estimate of drug-likeness (QED) is 0.710. The van der Waals surface area contributed by atoms with Crippen LogP contribution in [0, 0.1) is 12.7 Å². The molecule has 26 heavy (non-hydrogen) atoms. The minimum Gasteiger partial charge on any atom is -0.380 e. The van der Waals surface area contributed by atoms with Crippen molar-refractivity contribution < 1.29 is 13.9 Å². The van der Waals surface area contributed by atoms with Gasteiger partial charge in [-0.05, 0) is 49.2 Å². The van der Waals surface area contributed by atoms with Gasteiger partial charge in [-0.2, -0.15) is 5.10 Å². The fourth-order valence-corrected chi connectivity index (χ4v) is 3.11. The Kier molecular flexibility index (Phi) is 4.38. The highest BCUT2D eigenvalue weighted by Gasteiger charge is 2.21. The molecular weight excluding hydrogens is 335 g/mol. The third-order valence-corrected chi connectivity index (χ3v) is 4.48. The summed E-state index contributed by atoms with van der Waals surface area (Å²) in [5.41, 5.74) is 3.43. The van der Waals surface area contributed by atoms with Gasteiger partial charge in [0.1, 0.15) is 11.5 Å². The lowest BCUT2D eigenvalue weighted by Gasteiger charge is -2.17. The van der Waals surface area contributed by atoms with Crippen LogP contribution in [0.2, 0.25) is 0 Å². The lowest BCUT2D eigenvalue weighted by molar-refractivity contribution is 0.0736. The van der Waals surface area contributed by atoms with Gasteiger partial charge in [0, 0.05) is 25.3 Å². The molecule has 1 aliphatic rings. The average Bonchev–Trinajstić information content (AvgIpc) is 2.89. The fourth-order valence-electron chi connectivity index (χ4n) is 3.11. The van der Waals surface area contributed by atoms with E-state index < -0.39 is 0 Å². The third kappa shape index (κ3) is 3.17. The van der Waals surface area contributed by atoms with Gasteiger partial charge in [-0.1, -0.05) is 0 Å². The molecule has 3 heterocycles. The number of aryl methyl sites for hydroxylation is 1. The Morgan fingerprint density at radius 2 is 2.00 bits per heavy atom. The summed E-state index contributed by atoms with van der Waals surface area (Å²) in [5.74, 6) is -0.396. The van der Waals surface area contributed by atoms with E-state index in [0.717, 1.165) is 17.5 Å². The summed E-state index contributed by atoms with van der Waals surface area (Å²) in [6.07, 6.45) is 2.48. The van der Waals surface area contributed by atoms with Gasteiger partial charge in [-0.15, -0.1) is 0 Å². The Hall–Kier alpha value is -2.80. The van der Waals surface area contributed by atoms with Gasteiger partial charge < -0.3 is 9.64 Å². The number of imidazole rings is 1. The monoisotopic (exact) mass is 354 g/mol. The molecule has 7 heteroatoms. The van der Waals surface area contributed by atoms with Crippen molar-refractivity contribution in [2.24, 2.45) is 0 Å². The maximum atomic E-state index is 13.1. The van der Waals surface area contributed by atoms with Crippen LogP contribution in [0.25, 0.3) is 16.9 Å². The second-order valence-corrected chi connectivity index (χ2v) is 6.37. The second kappa shape index (κ2) is 6.84. The van der Waals surface area contributed by atoms with Crippen LogP contribution in [0.15, 0.2) is 36.5 Å². The molecular formula is C19H19FN4O2. The molecule has 4 rings (SSSR count). The minimum atomic E-state index is -0.288. The molecule has 0 saturated carbocycles. The van der Waals surface area contributed by atoms with Crippen molar-refractivity contribution in [2.45, 2.75) is 13.3 Å². The predicted octanol–water partition coefficient (Wildman–Crippen LogP) is 2.71. The normalized spacial score (nSPS) is 15.2. The van der Waals surface area contributed by atoms with Crippen LogP contribution in [-0.2, 0) is 4.74 Å². The highest BCUT2D eigenvalue weighted by Crippen LogP contribution is 2.21. The first kappa shape index (κ1) is 16.7. The van der Waals surface area contributed by atoms with Gasteiger partial charge >= 0.3 is 0 Å². The zero-order valence-electron chi connectivity index (χ0n) is 14.5. The van der Waals surface area contributed by atoms with Crippen molar-refractivity contribution in [1.29, 1.82) is 0 Å². The zero-order chi connectivity index (χ0) is 18.1. The van der Waals surface area contributed by atoms with E-state index in [0.29, 0.717) is 43.3 Å². The number of aromatic nitrogens is 3. The number of carbonyl (C=O) groups is 1. The Morgan fingerprint density at radius 3 is 2.81 bits per heavy atom. The van der Waals surface area contributed by atoms with E-state index in [2.05, 4.69) is 10.1 Å². The van der Waals surface area contributed by atoms with Crippen LogP contribution in [0.3, 0.4) is 0 Å². The SMILES string of the molecule is Cc1cc(-c2ccc(F)cc2)nn2cc(C(=O)N3CCCOCC3)nc12. The molecule has 0 atom stereocenters. The van der Waals surface area contributed by atoms with E-state index in [9.17, 15) is 9.18 Å². The molecule has 0 unspecified atom stereocenters. The summed E-state index contributed by atoms with van der Waals surface area (Å²) in [7, 11) is 0. The van der Waals surface area contributed by atoms with Gasteiger partial charge in [-0.25, -0.2) is 13.9 Å². The van der Waals surface area contributed by atoms with E-state index >= 15 is 0 Å². The van der Waals surface area contributed by atoms with Gasteiger partial charge in [0.25, 0.3) is 5.91 Å². The number of ether oxygens (including phenoxy) is 1. The topological polar surface area (TPSA) is 59.7 Å². The first-order chi connectivity index (χ1) is 12.6. The third-order valence-electron chi connectivity index (χ3n) is 4.48. The number of nitrogens with zero attached hydrogens (tertiary/aromatic N) is 4. The van der Waals surface area contributed by atoms with E-state index in [1.54, 1.807) is 27.7 Å². The van der Waals surface area contributed by atoms with E-state index in [1.807, 2.05) is 13.0 Å². The molecule has 1 amide bonds. The number of amides is 1. The summed E-state index contributed by atoms with van der Waals surface area (Å²) in [6, 6.07) is 8.07. The van der Waals surface area contributed by atoms with Crippen LogP contribution in [0.5, 0.6) is 0 Å². The van der Waals surface area contributed by atoms with Crippen molar-refractivity contribution in [3.05, 3.63) is 53.6 Å². The molecule has 1 saturated heterocycles. The number of hydrogen-bond donors (Lipinski definition) is 0. The van der Waals surface area contributed by atoms with Gasteiger partial charge in [0.15, 0.2) is 5.65 Å². The molecule has 1 aliphatic heterocycles. The summed E-state index contributed by atoms with van der Waals surface area (Å²) >= 11 is 0. The molecule has 1 fully saturated rings. The van der Waals surface area contributed by atoms with Gasteiger partial charge in [0.2, 0.25) is 0 Å². The van der Waals surface area contributed by atoms with Crippen LogP contribution in [-0.4, -0.2) is 51.7 Å². The standard InChI is InChI=1S/C19H19FN4O2/c1-13-11-16(14-3-5-15(20)6-4-14)22-24-12-17(21-18(13)24)19(25)23-7-2-9-26-10-8-23/h3-6,11-12H,2,7-10H2,1H3. The zero-order valence-corrected chi connectivity index (χ0v) is 14.5. The first-order valence-electron chi connectivity index (χ1n) is 8.62. The van der Waals surface area contributed by atoms with Gasteiger partial charge in [0.05, 0.1) is 18.5 Å². The van der Waals surface area contributed by atoms with Gasteiger partial charge in [-0.3, -0.25) is 4.79 Å². The molecule has 0 bridgehead atoms. The molecule has 0 aliphatic carbocycles. The lowest BCUT2D eigenvalue weighted by atomic mass is 10.1. The molecule has 1 aromatic carbocycles. The van der Waals surface area contributed by atoms with Crippen LogP contribution in [0.1, 0.15) is 22.5 Å². The summed E-state index contributed by atoms with van der Waals surface area (Å²) < 4.78 is 20.2. The maximum absolute atomic E-state index is 13.1. The Bertz CT molecular complexity index is 944. The van der Waals surface area contributed by atoms with Crippen LogP contribution >= 0.6 is 0 Å². The number of rotatable bonds is 2. The Labute approximate surface area is 150 Å². The fraction of sp³-hybridized carbons (Fsp3) is 0.316. The Morgan fingerprint density at radius 1 is 1.19 bits per heavy atom. The first-order valence-corrected chi connectivity index (χ1v) is 8.62. The van der Waals surface area contributed by atoms with Crippen molar-refractivity contribution in [1.82, 2.24) is 19.5 Å². The number of hydrogen-bond acceptors (Lipinski definition) is 4. The molecule has 0 radical (unpaired) electrons. The smallest absolute Gasteiger partial charge is 0.274 e. The van der Waals surface area contributed by atoms with Crippen molar-refractivity contribution in [3.8, 4) is 11.3 Å². The minimum absolute atomic E-state index is 0.108. The summed E-state index contributed by atoms with van der Waals surface area (Å²) in [4.78, 5) is 19.0. The maximum Gasteiger partial charge on any atom is 0.274 e. The Balaban J connectivity index is 1.69. The highest BCUT2D eigenvalue weighted by molar-refractivity contribution is 5.93. The molecule has 3 aromatic rings. The van der Waals surface area contributed by atoms with Crippen molar-refractivity contribution >= 4 is 11.6 Å². The van der Waals surface area contributed by atoms with Crippen molar-refractivity contribution in [3.63, 3.8) is 0 Å². The molecule has 134 valence electrons. The predicted molar refractivity (Wildman–Crippen MR) is 94.5 cm³/mol. The van der Waals surface area contributed by atoms with E-state index in [4.69, 9.17) is 4.74 Å². The van der Waals surface area contributed by atoms with Crippen LogP contribution in [0.4, 0.5) is 4.39 Å². The van der Waals surface area contributed by atoms with Crippen LogP contribution < -0.4 is 0 Å². The largest absolute Gasteiger partial charge is 0.380 e. The number of halogens is 1. The van der Waals surface area contributed by atoms with E-state index in [1.165, 1.54) is 12.1 Å². The lowest BCUT2D eigenvalue weighted by Crippen LogP contribution is -2.33. The number of benzene rings is 1. The summed E-state index contributed by atoms with van der Waals surface area (Å²) in [5, 5.41) is 4.54. The second-order valence-electron chi connectivity index (χ2n) is 6.37. The molecule has 6 nitrogen and oxygen atoms in total. The molecule has 0 N–H and O–H groups in total. The summed E-state index contributed by atoms with van der Waals surface area (Å²) in [6.45, 7) is 4.38. The molecule has 0 spiro atoms. The van der Waals surface area contributed by atoms with E-state index in [-0.39, 0.29) is 11.7 Å². The van der Waals surface area contributed by atoms with Crippen molar-refractivity contribution in [2.75, 3.05) is 26.3 Å². The highest BCUT2D eigenvalue weighted by atomic mass is 19.1. The molecule has 2 aromatic heterocycles.